The minimum Gasteiger partial charge on any atom is -0.497 e. The van der Waals surface area contributed by atoms with E-state index in [1.54, 1.807) is 38.4 Å². The second-order valence-corrected chi connectivity index (χ2v) is 6.17. The number of methoxy groups -OCH3 is 1. The van der Waals surface area contributed by atoms with Crippen molar-refractivity contribution in [2.24, 2.45) is 0 Å². The van der Waals surface area contributed by atoms with E-state index >= 15 is 0 Å². The molecule has 0 unspecified atom stereocenters. The highest BCUT2D eigenvalue weighted by atomic mass is 16.5. The molecular weight excluding hydrogens is 360 g/mol. The molecule has 0 bridgehead atoms. The first-order valence-corrected chi connectivity index (χ1v) is 8.70. The number of ether oxygens (including phenoxy) is 1. The smallest absolute Gasteiger partial charge is 0.321 e. The summed E-state index contributed by atoms with van der Waals surface area (Å²) in [6, 6.07) is 15.7. The number of rotatable bonds is 8. The lowest BCUT2D eigenvalue weighted by Crippen LogP contribution is -2.44. The van der Waals surface area contributed by atoms with E-state index in [1.807, 2.05) is 30.3 Å². The molecule has 3 N–H and O–H groups in total. The van der Waals surface area contributed by atoms with Crippen LogP contribution in [-0.2, 0) is 16.1 Å². The van der Waals surface area contributed by atoms with Crippen molar-refractivity contribution >= 4 is 23.5 Å². The van der Waals surface area contributed by atoms with Gasteiger partial charge in [0.2, 0.25) is 11.8 Å². The maximum atomic E-state index is 12.0. The number of anilines is 1. The van der Waals surface area contributed by atoms with Crippen LogP contribution in [0.3, 0.4) is 0 Å². The van der Waals surface area contributed by atoms with Gasteiger partial charge in [-0.2, -0.15) is 0 Å². The summed E-state index contributed by atoms with van der Waals surface area (Å²) in [5.74, 6) is -0.0726. The number of likely N-dealkylation sites (N-methyl/N-ethyl adjacent to an activating group) is 1. The van der Waals surface area contributed by atoms with Gasteiger partial charge in [-0.3, -0.25) is 19.8 Å². The van der Waals surface area contributed by atoms with E-state index in [-0.39, 0.29) is 19.0 Å². The second-order valence-electron chi connectivity index (χ2n) is 6.17. The van der Waals surface area contributed by atoms with Crippen LogP contribution in [0.15, 0.2) is 54.6 Å². The number of carbonyl (C=O) groups excluding carboxylic acids is 3. The second kappa shape index (κ2) is 10.7. The van der Waals surface area contributed by atoms with Gasteiger partial charge in [0.1, 0.15) is 5.75 Å². The predicted octanol–water partition coefficient (Wildman–Crippen LogP) is 1.59. The monoisotopic (exact) mass is 384 g/mol. The zero-order valence-corrected chi connectivity index (χ0v) is 15.9. The van der Waals surface area contributed by atoms with Gasteiger partial charge in [-0.25, -0.2) is 4.79 Å². The van der Waals surface area contributed by atoms with Crippen LogP contribution in [0, 0.1) is 0 Å². The summed E-state index contributed by atoms with van der Waals surface area (Å²) < 4.78 is 5.06. The average molecular weight is 384 g/mol. The van der Waals surface area contributed by atoms with Crippen LogP contribution < -0.4 is 20.7 Å². The Labute approximate surface area is 163 Å². The summed E-state index contributed by atoms with van der Waals surface area (Å²) >= 11 is 0. The van der Waals surface area contributed by atoms with Crippen molar-refractivity contribution in [2.45, 2.75) is 6.54 Å². The van der Waals surface area contributed by atoms with Gasteiger partial charge in [-0.05, 0) is 36.9 Å². The van der Waals surface area contributed by atoms with Crippen molar-refractivity contribution in [1.82, 2.24) is 15.5 Å². The lowest BCUT2D eigenvalue weighted by molar-refractivity contribution is -0.122. The molecule has 8 heteroatoms. The molecule has 0 aromatic heterocycles. The highest BCUT2D eigenvalue weighted by Crippen LogP contribution is 2.14. The number of imide groups is 1. The number of amides is 4. The number of nitrogens with one attached hydrogen (secondary N) is 3. The van der Waals surface area contributed by atoms with Crippen LogP contribution in [0.5, 0.6) is 5.75 Å². The highest BCUT2D eigenvalue weighted by molar-refractivity contribution is 5.96. The van der Waals surface area contributed by atoms with Gasteiger partial charge in [0.05, 0.1) is 20.2 Å². The largest absolute Gasteiger partial charge is 0.497 e. The van der Waals surface area contributed by atoms with Crippen molar-refractivity contribution in [3.05, 3.63) is 60.2 Å². The number of hydrogen-bond donors (Lipinski definition) is 3. The quantitative estimate of drug-likeness (QED) is 0.642. The summed E-state index contributed by atoms with van der Waals surface area (Å²) in [4.78, 5) is 37.3. The molecule has 2 aromatic carbocycles. The molecule has 0 heterocycles. The third kappa shape index (κ3) is 7.46. The summed E-state index contributed by atoms with van der Waals surface area (Å²) in [6.45, 7) is 0.236. The Bertz CT molecular complexity index is 794. The molecule has 0 atom stereocenters. The van der Waals surface area contributed by atoms with E-state index in [0.29, 0.717) is 18.0 Å². The third-order valence-corrected chi connectivity index (χ3v) is 3.75. The number of hydrogen-bond acceptors (Lipinski definition) is 5. The van der Waals surface area contributed by atoms with Crippen molar-refractivity contribution in [1.29, 1.82) is 0 Å². The summed E-state index contributed by atoms with van der Waals surface area (Å²) in [5, 5.41) is 7.58. The van der Waals surface area contributed by atoms with Crippen molar-refractivity contribution in [2.75, 3.05) is 32.6 Å². The SMILES string of the molecule is COc1ccc(NC(=O)CN(C)CC(=O)NC(=O)NCc2ccccc2)cc1. The molecule has 0 radical (unpaired) electrons. The number of urea groups is 1. The van der Waals surface area contributed by atoms with E-state index in [1.165, 1.54) is 4.90 Å². The molecule has 2 aromatic rings. The average Bonchev–Trinajstić information content (AvgIpc) is 2.67. The van der Waals surface area contributed by atoms with Gasteiger partial charge in [0.25, 0.3) is 0 Å². The van der Waals surface area contributed by atoms with Crippen LogP contribution in [0.2, 0.25) is 0 Å². The van der Waals surface area contributed by atoms with Gasteiger partial charge in [0, 0.05) is 12.2 Å². The molecule has 0 saturated carbocycles. The fourth-order valence-corrected chi connectivity index (χ4v) is 2.41. The molecule has 148 valence electrons. The molecule has 4 amide bonds. The zero-order chi connectivity index (χ0) is 20.4. The summed E-state index contributed by atoms with van der Waals surface area (Å²) in [5.41, 5.74) is 1.56. The first-order chi connectivity index (χ1) is 13.5. The van der Waals surface area contributed by atoms with Gasteiger partial charge in [0.15, 0.2) is 0 Å². The van der Waals surface area contributed by atoms with E-state index in [0.717, 1.165) is 5.56 Å². The summed E-state index contributed by atoms with van der Waals surface area (Å²) in [7, 11) is 3.19. The standard InChI is InChI=1S/C20H24N4O4/c1-24(13-18(25)22-16-8-10-17(28-2)11-9-16)14-19(26)23-20(27)21-12-15-6-4-3-5-7-15/h3-11H,12-14H2,1-2H3,(H,22,25)(H2,21,23,26,27). The van der Waals surface area contributed by atoms with Gasteiger partial charge in [-0.15, -0.1) is 0 Å². The van der Waals surface area contributed by atoms with Gasteiger partial charge < -0.3 is 15.4 Å². The van der Waals surface area contributed by atoms with Gasteiger partial charge >= 0.3 is 6.03 Å². The molecule has 0 aliphatic rings. The van der Waals surface area contributed by atoms with Crippen molar-refractivity contribution in [3.63, 3.8) is 0 Å². The van der Waals surface area contributed by atoms with Crippen LogP contribution in [0.25, 0.3) is 0 Å². The Morgan fingerprint density at radius 3 is 2.21 bits per heavy atom. The fourth-order valence-electron chi connectivity index (χ4n) is 2.41. The lowest BCUT2D eigenvalue weighted by atomic mass is 10.2. The first kappa shape index (κ1) is 20.9. The van der Waals surface area contributed by atoms with Crippen LogP contribution >= 0.6 is 0 Å². The Kier molecular flexibility index (Phi) is 7.98. The Morgan fingerprint density at radius 2 is 1.57 bits per heavy atom. The third-order valence-electron chi connectivity index (χ3n) is 3.75. The molecule has 0 fully saturated rings. The molecule has 0 aliphatic heterocycles. The Morgan fingerprint density at radius 1 is 0.929 bits per heavy atom. The van der Waals surface area contributed by atoms with Crippen molar-refractivity contribution in [3.8, 4) is 5.75 Å². The van der Waals surface area contributed by atoms with E-state index < -0.39 is 11.9 Å². The first-order valence-electron chi connectivity index (χ1n) is 8.70. The Hall–Kier alpha value is -3.39. The van der Waals surface area contributed by atoms with E-state index in [2.05, 4.69) is 16.0 Å². The highest BCUT2D eigenvalue weighted by Gasteiger charge is 2.13. The molecule has 0 aliphatic carbocycles. The summed E-state index contributed by atoms with van der Waals surface area (Å²) in [6.07, 6.45) is 0. The molecule has 2 rings (SSSR count). The molecule has 0 spiro atoms. The predicted molar refractivity (Wildman–Crippen MR) is 106 cm³/mol. The Balaban J connectivity index is 1.69. The van der Waals surface area contributed by atoms with Gasteiger partial charge in [-0.1, -0.05) is 30.3 Å². The molecule has 0 saturated heterocycles. The van der Waals surface area contributed by atoms with Crippen LogP contribution in [-0.4, -0.2) is 50.0 Å². The van der Waals surface area contributed by atoms with Crippen LogP contribution in [0.1, 0.15) is 5.56 Å². The maximum Gasteiger partial charge on any atom is 0.321 e. The number of benzene rings is 2. The zero-order valence-electron chi connectivity index (χ0n) is 15.9. The molecule has 28 heavy (non-hydrogen) atoms. The minimum absolute atomic E-state index is 0.00504. The van der Waals surface area contributed by atoms with Crippen molar-refractivity contribution < 1.29 is 19.1 Å². The van der Waals surface area contributed by atoms with E-state index in [4.69, 9.17) is 4.74 Å². The molecular formula is C20H24N4O4. The van der Waals surface area contributed by atoms with E-state index in [9.17, 15) is 14.4 Å². The molecule has 8 nitrogen and oxygen atoms in total. The number of nitrogens with zero attached hydrogens (tertiary/aromatic N) is 1. The van der Waals surface area contributed by atoms with Crippen LogP contribution in [0.4, 0.5) is 10.5 Å². The normalized spacial score (nSPS) is 10.2. The topological polar surface area (TPSA) is 99.8 Å². The lowest BCUT2D eigenvalue weighted by Gasteiger charge is -2.16. The maximum absolute atomic E-state index is 12.0. The minimum atomic E-state index is -0.579. The number of carbonyl (C=O) groups is 3. The fraction of sp³-hybridized carbons (Fsp3) is 0.250.